The molecule has 5 heteroatoms. The van der Waals surface area contributed by atoms with Crippen molar-refractivity contribution < 1.29 is 4.79 Å². The molecule has 26 heavy (non-hydrogen) atoms. The van der Waals surface area contributed by atoms with Crippen LogP contribution >= 0.6 is 0 Å². The third kappa shape index (κ3) is 4.25. The van der Waals surface area contributed by atoms with Gasteiger partial charge in [0.15, 0.2) is 0 Å². The van der Waals surface area contributed by atoms with E-state index in [1.54, 1.807) is 12.3 Å². The molecule has 1 aromatic heterocycles. The van der Waals surface area contributed by atoms with E-state index >= 15 is 0 Å². The van der Waals surface area contributed by atoms with Crippen LogP contribution in [0.1, 0.15) is 32.7 Å². The maximum Gasteiger partial charge on any atom is 0.274 e. The summed E-state index contributed by atoms with van der Waals surface area (Å²) in [6, 6.07) is 13.7. The van der Waals surface area contributed by atoms with E-state index in [4.69, 9.17) is 0 Å². The first-order valence-corrected chi connectivity index (χ1v) is 8.48. The van der Waals surface area contributed by atoms with Crippen LogP contribution in [0.15, 0.2) is 48.7 Å². The summed E-state index contributed by atoms with van der Waals surface area (Å²) in [6.07, 6.45) is 1.58. The largest absolute Gasteiger partial charge is 0.324 e. The Kier molecular flexibility index (Phi) is 4.98. The van der Waals surface area contributed by atoms with E-state index in [9.17, 15) is 4.79 Å². The number of aryl methyl sites for hydroxylation is 4. The van der Waals surface area contributed by atoms with E-state index in [2.05, 4.69) is 26.7 Å². The zero-order chi connectivity index (χ0) is 18.7. The molecule has 2 N–H and O–H groups in total. The third-order valence-electron chi connectivity index (χ3n) is 4.01. The molecule has 0 aliphatic rings. The lowest BCUT2D eigenvalue weighted by atomic mass is 10.1. The molecular formula is C21H22N4O. The maximum absolute atomic E-state index is 12.6. The molecule has 0 fully saturated rings. The van der Waals surface area contributed by atoms with Crippen molar-refractivity contribution in [2.75, 3.05) is 10.6 Å². The van der Waals surface area contributed by atoms with Gasteiger partial charge in [0.25, 0.3) is 5.91 Å². The van der Waals surface area contributed by atoms with Gasteiger partial charge in [-0.15, -0.1) is 0 Å². The van der Waals surface area contributed by atoms with Crippen molar-refractivity contribution in [3.63, 3.8) is 0 Å². The van der Waals surface area contributed by atoms with E-state index in [0.29, 0.717) is 11.6 Å². The molecule has 2 aromatic carbocycles. The van der Waals surface area contributed by atoms with Gasteiger partial charge in [0.1, 0.15) is 5.69 Å². The predicted molar refractivity (Wildman–Crippen MR) is 105 cm³/mol. The minimum absolute atomic E-state index is 0.260. The van der Waals surface area contributed by atoms with Gasteiger partial charge in [0, 0.05) is 17.6 Å². The number of carbonyl (C=O) groups is 1. The van der Waals surface area contributed by atoms with Gasteiger partial charge in [-0.2, -0.15) is 0 Å². The number of aromatic nitrogens is 2. The number of nitrogens with zero attached hydrogens (tertiary/aromatic N) is 2. The first kappa shape index (κ1) is 17.6. The zero-order valence-corrected chi connectivity index (χ0v) is 15.4. The van der Waals surface area contributed by atoms with Crippen LogP contribution in [-0.4, -0.2) is 15.9 Å². The van der Waals surface area contributed by atoms with Gasteiger partial charge >= 0.3 is 0 Å². The highest BCUT2D eigenvalue weighted by Crippen LogP contribution is 2.19. The maximum atomic E-state index is 12.6. The van der Waals surface area contributed by atoms with Crippen LogP contribution in [0, 0.1) is 27.7 Å². The molecule has 0 aliphatic heterocycles. The Balaban J connectivity index is 1.80. The van der Waals surface area contributed by atoms with Crippen molar-refractivity contribution in [2.24, 2.45) is 0 Å². The Morgan fingerprint density at radius 2 is 1.62 bits per heavy atom. The molecule has 0 atom stereocenters. The first-order chi connectivity index (χ1) is 12.4. The van der Waals surface area contributed by atoms with Crippen LogP contribution in [0.4, 0.5) is 17.3 Å². The fourth-order valence-electron chi connectivity index (χ4n) is 2.78. The molecule has 5 nitrogen and oxygen atoms in total. The number of amides is 1. The Bertz CT molecular complexity index is 946. The average molecular weight is 346 g/mol. The molecule has 0 unspecified atom stereocenters. The predicted octanol–water partition coefficient (Wildman–Crippen LogP) is 4.71. The molecule has 0 saturated heterocycles. The second-order valence-electron chi connectivity index (χ2n) is 6.54. The minimum Gasteiger partial charge on any atom is -0.324 e. The van der Waals surface area contributed by atoms with Crippen LogP contribution in [-0.2, 0) is 0 Å². The Hall–Kier alpha value is -3.21. The highest BCUT2D eigenvalue weighted by molar-refractivity contribution is 6.03. The lowest BCUT2D eigenvalue weighted by Gasteiger charge is -2.10. The Morgan fingerprint density at radius 1 is 0.885 bits per heavy atom. The van der Waals surface area contributed by atoms with Crippen LogP contribution in [0.5, 0.6) is 0 Å². The van der Waals surface area contributed by atoms with Gasteiger partial charge in [-0.05, 0) is 74.2 Å². The standard InChI is InChI=1S/C21H22N4O/c1-13-5-6-16(4)19(12-13)24-20(26)18-7-8-22-21(25-18)23-17-10-14(2)9-15(3)11-17/h5-12H,1-4H3,(H,24,26)(H,22,23,25). The van der Waals surface area contributed by atoms with Gasteiger partial charge in [0.2, 0.25) is 5.95 Å². The SMILES string of the molecule is Cc1cc(C)cc(Nc2nccc(C(=O)Nc3cc(C)ccc3C)n2)c1. The number of nitrogens with one attached hydrogen (secondary N) is 2. The summed E-state index contributed by atoms with van der Waals surface area (Å²) in [7, 11) is 0. The molecular weight excluding hydrogens is 324 g/mol. The van der Waals surface area contributed by atoms with Crippen LogP contribution in [0.3, 0.4) is 0 Å². The van der Waals surface area contributed by atoms with Crippen molar-refractivity contribution in [2.45, 2.75) is 27.7 Å². The summed E-state index contributed by atoms with van der Waals surface area (Å²) in [5.74, 6) is 0.133. The smallest absolute Gasteiger partial charge is 0.274 e. The van der Waals surface area contributed by atoms with Crippen LogP contribution in [0.2, 0.25) is 0 Å². The quantitative estimate of drug-likeness (QED) is 0.718. The van der Waals surface area contributed by atoms with Crippen LogP contribution < -0.4 is 10.6 Å². The summed E-state index contributed by atoms with van der Waals surface area (Å²) in [6.45, 7) is 8.02. The third-order valence-corrected chi connectivity index (χ3v) is 4.01. The van der Waals surface area contributed by atoms with E-state index < -0.39 is 0 Å². The summed E-state index contributed by atoms with van der Waals surface area (Å²) >= 11 is 0. The molecule has 0 bridgehead atoms. The van der Waals surface area contributed by atoms with Crippen molar-refractivity contribution in [1.82, 2.24) is 9.97 Å². The highest BCUT2D eigenvalue weighted by atomic mass is 16.1. The first-order valence-electron chi connectivity index (χ1n) is 8.48. The molecule has 132 valence electrons. The number of hydrogen-bond donors (Lipinski definition) is 2. The summed E-state index contributed by atoms with van der Waals surface area (Å²) in [5.41, 5.74) is 6.39. The Labute approximate surface area is 153 Å². The topological polar surface area (TPSA) is 66.9 Å². The van der Waals surface area contributed by atoms with E-state index in [1.165, 1.54) is 0 Å². The minimum atomic E-state index is -0.260. The number of anilines is 3. The van der Waals surface area contributed by atoms with Crippen molar-refractivity contribution >= 4 is 23.2 Å². The van der Waals surface area contributed by atoms with E-state index in [0.717, 1.165) is 33.6 Å². The molecule has 0 saturated carbocycles. The number of carbonyl (C=O) groups excluding carboxylic acids is 1. The normalized spacial score (nSPS) is 10.5. The monoisotopic (exact) mass is 346 g/mol. The Morgan fingerprint density at radius 3 is 2.35 bits per heavy atom. The summed E-state index contributed by atoms with van der Waals surface area (Å²) in [4.78, 5) is 21.1. The number of hydrogen-bond acceptors (Lipinski definition) is 4. The molecule has 1 heterocycles. The lowest BCUT2D eigenvalue weighted by molar-refractivity contribution is 0.102. The van der Waals surface area contributed by atoms with Crippen molar-refractivity contribution in [3.05, 3.63) is 76.6 Å². The van der Waals surface area contributed by atoms with Gasteiger partial charge in [-0.3, -0.25) is 4.79 Å². The van der Waals surface area contributed by atoms with Crippen LogP contribution in [0.25, 0.3) is 0 Å². The number of benzene rings is 2. The van der Waals surface area contributed by atoms with Crippen molar-refractivity contribution in [1.29, 1.82) is 0 Å². The van der Waals surface area contributed by atoms with Gasteiger partial charge in [-0.25, -0.2) is 9.97 Å². The fraction of sp³-hybridized carbons (Fsp3) is 0.190. The molecule has 3 aromatic rings. The van der Waals surface area contributed by atoms with Crippen molar-refractivity contribution in [3.8, 4) is 0 Å². The van der Waals surface area contributed by atoms with Gasteiger partial charge in [0.05, 0.1) is 0 Å². The van der Waals surface area contributed by atoms with Gasteiger partial charge in [-0.1, -0.05) is 18.2 Å². The molecule has 0 aliphatic carbocycles. The molecule has 3 rings (SSSR count). The zero-order valence-electron chi connectivity index (χ0n) is 15.4. The average Bonchev–Trinajstić information content (AvgIpc) is 2.57. The molecule has 0 spiro atoms. The van der Waals surface area contributed by atoms with Gasteiger partial charge < -0.3 is 10.6 Å². The second kappa shape index (κ2) is 7.35. The van der Waals surface area contributed by atoms with E-state index in [1.807, 2.05) is 58.0 Å². The second-order valence-corrected chi connectivity index (χ2v) is 6.54. The number of rotatable bonds is 4. The highest BCUT2D eigenvalue weighted by Gasteiger charge is 2.11. The van der Waals surface area contributed by atoms with E-state index in [-0.39, 0.29) is 5.91 Å². The lowest BCUT2D eigenvalue weighted by Crippen LogP contribution is -2.15. The summed E-state index contributed by atoms with van der Waals surface area (Å²) in [5, 5.41) is 6.08. The molecule has 0 radical (unpaired) electrons. The fourth-order valence-corrected chi connectivity index (χ4v) is 2.78. The molecule has 1 amide bonds. The summed E-state index contributed by atoms with van der Waals surface area (Å²) < 4.78 is 0.